The van der Waals surface area contributed by atoms with Crippen molar-refractivity contribution in [3.63, 3.8) is 0 Å². The Bertz CT molecular complexity index is 450. The summed E-state index contributed by atoms with van der Waals surface area (Å²) in [5.74, 6) is -1.18. The number of carboxylic acids is 1. The molecule has 0 aliphatic heterocycles. The largest absolute Gasteiger partial charge is 0.545 e. The van der Waals surface area contributed by atoms with Gasteiger partial charge in [0.1, 0.15) is 0 Å². The van der Waals surface area contributed by atoms with Crippen LogP contribution in [-0.4, -0.2) is 36.6 Å². The number of rotatable bonds is 13. The van der Waals surface area contributed by atoms with Crippen molar-refractivity contribution >= 4 is 17.6 Å². The van der Waals surface area contributed by atoms with E-state index in [1.807, 2.05) is 0 Å². The summed E-state index contributed by atoms with van der Waals surface area (Å²) in [4.78, 5) is 10.2. The normalized spacial score (nSPS) is 11.0. The molecular weight excluding hydrogens is 358 g/mol. The summed E-state index contributed by atoms with van der Waals surface area (Å²) in [6, 6.07) is 5.81. The molecule has 0 saturated carbocycles. The van der Waals surface area contributed by atoms with E-state index in [0.717, 1.165) is 0 Å². The predicted octanol–water partition coefficient (Wildman–Crippen LogP) is 5.71. The standard InChI is InChI=1S/C16H36N.C7H5ClO2/c1-5-9-13-17(14-10-6-2,15-11-7-3)16-12-8-4;8-6-3-1-5(2-4-6)7(9)10/h5-16H2,1-4H3;1-4H,(H,9,10)/q+1;/p-1. The Morgan fingerprint density at radius 3 is 1.37 bits per heavy atom. The monoisotopic (exact) mass is 397 g/mol. The highest BCUT2D eigenvalue weighted by molar-refractivity contribution is 6.30. The second-order valence-corrected chi connectivity index (χ2v) is 7.88. The number of halogens is 1. The SMILES string of the molecule is CCCC[N+](CCCC)(CCCC)CCCC.O=C([O-])c1ccc(Cl)cc1. The average Bonchev–Trinajstić information content (AvgIpc) is 2.68. The van der Waals surface area contributed by atoms with Crippen molar-refractivity contribution in [2.45, 2.75) is 79.1 Å². The number of carbonyl (C=O) groups is 1. The molecule has 1 aromatic rings. The van der Waals surface area contributed by atoms with E-state index in [4.69, 9.17) is 11.6 Å². The van der Waals surface area contributed by atoms with Gasteiger partial charge in [-0.3, -0.25) is 0 Å². The summed E-state index contributed by atoms with van der Waals surface area (Å²) < 4.78 is 1.42. The number of unbranched alkanes of at least 4 members (excludes halogenated alkanes) is 4. The molecule has 27 heavy (non-hydrogen) atoms. The van der Waals surface area contributed by atoms with E-state index < -0.39 is 5.97 Å². The summed E-state index contributed by atoms with van der Waals surface area (Å²) in [5, 5.41) is 10.7. The fraction of sp³-hybridized carbons (Fsp3) is 0.696. The molecule has 0 atom stereocenters. The summed E-state index contributed by atoms with van der Waals surface area (Å²) >= 11 is 5.50. The molecule has 0 heterocycles. The van der Waals surface area contributed by atoms with Gasteiger partial charge in [-0.25, -0.2) is 0 Å². The second-order valence-electron chi connectivity index (χ2n) is 7.44. The first-order chi connectivity index (χ1) is 12.9. The first kappa shape index (κ1) is 25.9. The number of hydrogen-bond donors (Lipinski definition) is 0. The number of quaternary nitrogens is 1. The molecule has 0 aliphatic rings. The Kier molecular flexibility index (Phi) is 15.3. The molecule has 0 unspecified atom stereocenters. The van der Waals surface area contributed by atoms with E-state index in [1.54, 1.807) is 0 Å². The first-order valence-corrected chi connectivity index (χ1v) is 11.1. The highest BCUT2D eigenvalue weighted by Gasteiger charge is 2.24. The van der Waals surface area contributed by atoms with Crippen molar-refractivity contribution in [3.05, 3.63) is 34.9 Å². The number of hydrogen-bond acceptors (Lipinski definition) is 2. The lowest BCUT2D eigenvalue weighted by atomic mass is 10.1. The average molecular weight is 398 g/mol. The van der Waals surface area contributed by atoms with Crippen LogP contribution in [0.3, 0.4) is 0 Å². The summed E-state index contributed by atoms with van der Waals surface area (Å²) in [6.07, 6.45) is 11.1. The van der Waals surface area contributed by atoms with Crippen LogP contribution in [0.1, 0.15) is 89.4 Å². The maximum Gasteiger partial charge on any atom is 0.0786 e. The minimum Gasteiger partial charge on any atom is -0.545 e. The Morgan fingerprint density at radius 2 is 1.11 bits per heavy atom. The van der Waals surface area contributed by atoms with Gasteiger partial charge in [-0.2, -0.15) is 0 Å². The molecule has 0 amide bonds. The first-order valence-electron chi connectivity index (χ1n) is 10.8. The van der Waals surface area contributed by atoms with E-state index in [-0.39, 0.29) is 5.56 Å². The van der Waals surface area contributed by atoms with Crippen LogP contribution in [0.2, 0.25) is 5.02 Å². The zero-order valence-electron chi connectivity index (χ0n) is 17.9. The van der Waals surface area contributed by atoms with Crippen molar-refractivity contribution in [1.29, 1.82) is 0 Å². The van der Waals surface area contributed by atoms with Crippen LogP contribution in [0.15, 0.2) is 24.3 Å². The maximum atomic E-state index is 10.2. The second kappa shape index (κ2) is 15.9. The number of carboxylic acid groups (broad SMARTS) is 1. The van der Waals surface area contributed by atoms with Crippen molar-refractivity contribution < 1.29 is 14.4 Å². The summed E-state index contributed by atoms with van der Waals surface area (Å²) in [5.41, 5.74) is 0.143. The molecule has 0 radical (unpaired) electrons. The summed E-state index contributed by atoms with van der Waals surface area (Å²) in [6.45, 7) is 15.0. The molecule has 0 spiro atoms. The number of nitrogens with zero attached hydrogens (tertiary/aromatic N) is 1. The maximum absolute atomic E-state index is 10.2. The van der Waals surface area contributed by atoms with Gasteiger partial charge in [0.25, 0.3) is 0 Å². The highest BCUT2D eigenvalue weighted by atomic mass is 35.5. The number of carbonyl (C=O) groups excluding carboxylic acids is 1. The van der Waals surface area contributed by atoms with Gasteiger partial charge in [-0.1, -0.05) is 77.1 Å². The molecular formula is C23H40ClNO2. The quantitative estimate of drug-likeness (QED) is 0.400. The molecule has 3 nitrogen and oxygen atoms in total. The molecule has 0 aromatic heterocycles. The molecule has 0 saturated heterocycles. The van der Waals surface area contributed by atoms with Crippen molar-refractivity contribution in [3.8, 4) is 0 Å². The van der Waals surface area contributed by atoms with Gasteiger partial charge in [0.2, 0.25) is 0 Å². The zero-order valence-corrected chi connectivity index (χ0v) is 18.7. The van der Waals surface area contributed by atoms with Gasteiger partial charge >= 0.3 is 0 Å². The van der Waals surface area contributed by atoms with Crippen LogP contribution in [0, 0.1) is 0 Å². The Balaban J connectivity index is 0.000000569. The smallest absolute Gasteiger partial charge is 0.0786 e. The van der Waals surface area contributed by atoms with E-state index in [2.05, 4.69) is 27.7 Å². The highest BCUT2D eigenvalue weighted by Crippen LogP contribution is 2.16. The Labute approximate surface area is 172 Å². The van der Waals surface area contributed by atoms with Gasteiger partial charge in [-0.15, -0.1) is 0 Å². The zero-order chi connectivity index (χ0) is 20.5. The third kappa shape index (κ3) is 12.1. The van der Waals surface area contributed by atoms with E-state index in [1.165, 1.54) is 106 Å². The minimum atomic E-state index is -1.18. The number of aromatic carboxylic acids is 1. The van der Waals surface area contributed by atoms with Crippen LogP contribution in [0.25, 0.3) is 0 Å². The van der Waals surface area contributed by atoms with Crippen LogP contribution in [0.4, 0.5) is 0 Å². The van der Waals surface area contributed by atoms with Gasteiger partial charge in [-0.05, 0) is 43.4 Å². The van der Waals surface area contributed by atoms with E-state index in [0.29, 0.717) is 5.02 Å². The van der Waals surface area contributed by atoms with Gasteiger partial charge in [0.05, 0.1) is 32.1 Å². The minimum absolute atomic E-state index is 0.143. The van der Waals surface area contributed by atoms with Crippen LogP contribution >= 0.6 is 11.6 Å². The molecule has 1 aromatic carbocycles. The molecule has 0 N–H and O–H groups in total. The predicted molar refractivity (Wildman–Crippen MR) is 115 cm³/mol. The van der Waals surface area contributed by atoms with Crippen LogP contribution < -0.4 is 5.11 Å². The topological polar surface area (TPSA) is 40.1 Å². The third-order valence-electron chi connectivity index (χ3n) is 5.02. The van der Waals surface area contributed by atoms with Gasteiger partial charge in [0, 0.05) is 5.02 Å². The number of benzene rings is 1. The van der Waals surface area contributed by atoms with Crippen LogP contribution in [-0.2, 0) is 0 Å². The van der Waals surface area contributed by atoms with Crippen molar-refractivity contribution in [2.24, 2.45) is 0 Å². The fourth-order valence-corrected chi connectivity index (χ4v) is 3.36. The Morgan fingerprint density at radius 1 is 0.778 bits per heavy atom. The lowest BCUT2D eigenvalue weighted by Crippen LogP contribution is -2.50. The van der Waals surface area contributed by atoms with E-state index >= 15 is 0 Å². The lowest BCUT2D eigenvalue weighted by molar-refractivity contribution is -0.929. The van der Waals surface area contributed by atoms with E-state index in [9.17, 15) is 9.90 Å². The van der Waals surface area contributed by atoms with Gasteiger partial charge < -0.3 is 14.4 Å². The lowest BCUT2D eigenvalue weighted by Gasteiger charge is -2.39. The van der Waals surface area contributed by atoms with Crippen molar-refractivity contribution in [1.82, 2.24) is 0 Å². The Hall–Kier alpha value is -1.06. The summed E-state index contributed by atoms with van der Waals surface area (Å²) in [7, 11) is 0. The molecule has 1 rings (SSSR count). The molecule has 156 valence electrons. The molecule has 0 aliphatic carbocycles. The third-order valence-corrected chi connectivity index (χ3v) is 5.28. The molecule has 0 bridgehead atoms. The van der Waals surface area contributed by atoms with Crippen LogP contribution in [0.5, 0.6) is 0 Å². The fourth-order valence-electron chi connectivity index (χ4n) is 3.23. The van der Waals surface area contributed by atoms with Crippen molar-refractivity contribution in [2.75, 3.05) is 26.2 Å². The molecule has 4 heteroatoms. The van der Waals surface area contributed by atoms with Gasteiger partial charge in [0.15, 0.2) is 0 Å². The molecule has 0 fully saturated rings.